The second-order valence-corrected chi connectivity index (χ2v) is 4.69. The SMILES string of the molecule is CS/C(N)=N/N=C\c1cc([N+](=O)[O-])cc(Br)c1O. The molecule has 1 aromatic rings. The molecule has 1 aromatic carbocycles. The van der Waals surface area contributed by atoms with Crippen molar-refractivity contribution in [3.63, 3.8) is 0 Å². The number of rotatable bonds is 3. The summed E-state index contributed by atoms with van der Waals surface area (Å²) in [4.78, 5) is 10.1. The molecule has 18 heavy (non-hydrogen) atoms. The maximum absolute atomic E-state index is 10.7. The number of non-ortho nitro benzene ring substituents is 1. The number of amidine groups is 1. The van der Waals surface area contributed by atoms with Gasteiger partial charge in [0.2, 0.25) is 0 Å². The van der Waals surface area contributed by atoms with E-state index in [0.29, 0.717) is 0 Å². The number of hydrogen-bond donors (Lipinski definition) is 2. The minimum Gasteiger partial charge on any atom is -0.506 e. The number of halogens is 1. The molecule has 0 aliphatic heterocycles. The lowest BCUT2D eigenvalue weighted by molar-refractivity contribution is -0.385. The minimum atomic E-state index is -0.568. The van der Waals surface area contributed by atoms with Gasteiger partial charge in [-0.25, -0.2) is 0 Å². The highest BCUT2D eigenvalue weighted by Gasteiger charge is 2.13. The molecule has 0 spiro atoms. The van der Waals surface area contributed by atoms with Crippen LogP contribution in [0.1, 0.15) is 5.56 Å². The average molecular weight is 333 g/mol. The van der Waals surface area contributed by atoms with E-state index in [1.54, 1.807) is 6.26 Å². The van der Waals surface area contributed by atoms with Gasteiger partial charge < -0.3 is 10.8 Å². The van der Waals surface area contributed by atoms with Crippen molar-refractivity contribution in [3.8, 4) is 5.75 Å². The molecule has 1 rings (SSSR count). The van der Waals surface area contributed by atoms with E-state index in [1.165, 1.54) is 30.1 Å². The fourth-order valence-corrected chi connectivity index (χ4v) is 1.59. The van der Waals surface area contributed by atoms with Crippen molar-refractivity contribution in [1.29, 1.82) is 0 Å². The Morgan fingerprint density at radius 3 is 2.89 bits per heavy atom. The highest BCUT2D eigenvalue weighted by atomic mass is 79.9. The lowest BCUT2D eigenvalue weighted by Crippen LogP contribution is -2.04. The van der Waals surface area contributed by atoms with Crippen LogP contribution in [0.5, 0.6) is 5.75 Å². The van der Waals surface area contributed by atoms with E-state index >= 15 is 0 Å². The maximum atomic E-state index is 10.7. The van der Waals surface area contributed by atoms with Crippen molar-refractivity contribution in [2.75, 3.05) is 6.26 Å². The van der Waals surface area contributed by atoms with E-state index in [9.17, 15) is 15.2 Å². The van der Waals surface area contributed by atoms with E-state index < -0.39 is 4.92 Å². The average Bonchev–Trinajstić information content (AvgIpc) is 2.33. The topological polar surface area (TPSA) is 114 Å². The fraction of sp³-hybridized carbons (Fsp3) is 0.111. The third kappa shape index (κ3) is 3.70. The number of phenols is 1. The molecular weight excluding hydrogens is 324 g/mol. The molecule has 0 aromatic heterocycles. The molecule has 0 atom stereocenters. The number of benzene rings is 1. The van der Waals surface area contributed by atoms with Crippen LogP contribution in [0.3, 0.4) is 0 Å². The van der Waals surface area contributed by atoms with Crippen LogP contribution < -0.4 is 5.73 Å². The molecule has 96 valence electrons. The number of phenolic OH excluding ortho intramolecular Hbond substituents is 1. The zero-order chi connectivity index (χ0) is 13.7. The van der Waals surface area contributed by atoms with E-state index in [2.05, 4.69) is 26.1 Å². The Balaban J connectivity index is 3.12. The first-order chi connectivity index (χ1) is 8.45. The molecule has 0 saturated carbocycles. The lowest BCUT2D eigenvalue weighted by Gasteiger charge is -2.01. The molecule has 9 heteroatoms. The van der Waals surface area contributed by atoms with Crippen LogP contribution in [0.25, 0.3) is 0 Å². The van der Waals surface area contributed by atoms with Crippen LogP contribution in [0.2, 0.25) is 0 Å². The molecule has 0 saturated heterocycles. The number of hydrogen-bond acceptors (Lipinski definition) is 6. The van der Waals surface area contributed by atoms with Gasteiger partial charge in [-0.1, -0.05) is 11.8 Å². The predicted molar refractivity (Wildman–Crippen MR) is 75.2 cm³/mol. The van der Waals surface area contributed by atoms with E-state index in [1.807, 2.05) is 0 Å². The maximum Gasteiger partial charge on any atom is 0.271 e. The Morgan fingerprint density at radius 1 is 1.67 bits per heavy atom. The Labute approximate surface area is 115 Å². The van der Waals surface area contributed by atoms with Crippen molar-refractivity contribution < 1.29 is 10.0 Å². The molecule has 0 bridgehead atoms. The van der Waals surface area contributed by atoms with Crippen LogP contribution in [0.15, 0.2) is 26.8 Å². The predicted octanol–water partition coefficient (Wildman–Crippen LogP) is 2.07. The van der Waals surface area contributed by atoms with Gasteiger partial charge in [-0.2, -0.15) is 5.10 Å². The van der Waals surface area contributed by atoms with Gasteiger partial charge in [-0.15, -0.1) is 5.10 Å². The normalized spacial score (nSPS) is 12.0. The molecule has 0 fully saturated rings. The van der Waals surface area contributed by atoms with Crippen molar-refractivity contribution in [3.05, 3.63) is 32.3 Å². The van der Waals surface area contributed by atoms with Gasteiger partial charge in [0.05, 0.1) is 15.6 Å². The number of nitrogens with two attached hydrogens (primary N) is 1. The van der Waals surface area contributed by atoms with Crippen molar-refractivity contribution in [2.45, 2.75) is 0 Å². The van der Waals surface area contributed by atoms with Crippen molar-refractivity contribution >= 4 is 44.8 Å². The molecule has 0 heterocycles. The first-order valence-corrected chi connectivity index (χ1v) is 6.55. The zero-order valence-electron chi connectivity index (χ0n) is 9.20. The number of thioether (sulfide) groups is 1. The summed E-state index contributed by atoms with van der Waals surface area (Å²) in [6.07, 6.45) is 2.92. The standard InChI is InChI=1S/C9H9BrN4O3S/c1-18-9(11)13-12-4-5-2-6(14(16)17)3-7(10)8(5)15/h2-4,15H,1H3,(H2,11,13)/b12-4-. The molecule has 3 N–H and O–H groups in total. The van der Waals surface area contributed by atoms with E-state index in [-0.39, 0.29) is 26.6 Å². The Bertz CT molecular complexity index is 533. The Kier molecular flexibility index (Phi) is 5.10. The Morgan fingerprint density at radius 2 is 2.33 bits per heavy atom. The molecular formula is C9H9BrN4O3S. The van der Waals surface area contributed by atoms with Gasteiger partial charge >= 0.3 is 0 Å². The summed E-state index contributed by atoms with van der Waals surface area (Å²) in [5.41, 5.74) is 5.41. The summed E-state index contributed by atoms with van der Waals surface area (Å²) in [5.74, 6) is -0.151. The number of aromatic hydroxyl groups is 1. The van der Waals surface area contributed by atoms with Crippen molar-refractivity contribution in [1.82, 2.24) is 0 Å². The number of nitrogens with zero attached hydrogens (tertiary/aromatic N) is 3. The second kappa shape index (κ2) is 6.36. The smallest absolute Gasteiger partial charge is 0.271 e. The molecule has 0 aliphatic rings. The van der Waals surface area contributed by atoms with Crippen LogP contribution in [-0.4, -0.2) is 27.7 Å². The van der Waals surface area contributed by atoms with Gasteiger partial charge in [0.15, 0.2) is 5.17 Å². The van der Waals surface area contributed by atoms with Crippen LogP contribution >= 0.6 is 27.7 Å². The zero-order valence-corrected chi connectivity index (χ0v) is 11.6. The first-order valence-electron chi connectivity index (χ1n) is 4.53. The highest BCUT2D eigenvalue weighted by Crippen LogP contribution is 2.31. The summed E-state index contributed by atoms with van der Waals surface area (Å²) in [6.45, 7) is 0. The van der Waals surface area contributed by atoms with Gasteiger partial charge in [-0.3, -0.25) is 10.1 Å². The third-order valence-electron chi connectivity index (χ3n) is 1.85. The largest absolute Gasteiger partial charge is 0.506 e. The quantitative estimate of drug-likeness (QED) is 0.380. The fourth-order valence-electron chi connectivity index (χ4n) is 0.998. The first kappa shape index (κ1) is 14.5. The van der Waals surface area contributed by atoms with Gasteiger partial charge in [0.25, 0.3) is 5.69 Å². The van der Waals surface area contributed by atoms with Crippen LogP contribution in [-0.2, 0) is 0 Å². The van der Waals surface area contributed by atoms with Gasteiger partial charge in [0.1, 0.15) is 5.75 Å². The summed E-state index contributed by atoms with van der Waals surface area (Å²) >= 11 is 4.23. The second-order valence-electron chi connectivity index (χ2n) is 3.01. The van der Waals surface area contributed by atoms with E-state index in [0.717, 1.165) is 0 Å². The molecule has 0 unspecified atom stereocenters. The van der Waals surface area contributed by atoms with Gasteiger partial charge in [-0.05, 0) is 22.2 Å². The van der Waals surface area contributed by atoms with Crippen molar-refractivity contribution in [2.24, 2.45) is 15.9 Å². The molecule has 0 radical (unpaired) electrons. The summed E-state index contributed by atoms with van der Waals surface area (Å²) in [5, 5.41) is 27.8. The van der Waals surface area contributed by atoms with Gasteiger partial charge in [0, 0.05) is 17.7 Å². The highest BCUT2D eigenvalue weighted by molar-refractivity contribution is 9.10. The Hall–Kier alpha value is -1.61. The number of nitro groups is 1. The number of nitro benzene ring substituents is 1. The monoisotopic (exact) mass is 332 g/mol. The summed E-state index contributed by atoms with van der Waals surface area (Å²) in [6, 6.07) is 2.39. The summed E-state index contributed by atoms with van der Waals surface area (Å²) < 4.78 is 0.208. The van der Waals surface area contributed by atoms with Crippen LogP contribution in [0, 0.1) is 10.1 Å². The van der Waals surface area contributed by atoms with E-state index in [4.69, 9.17) is 5.73 Å². The minimum absolute atomic E-state index is 0.151. The molecule has 0 amide bonds. The third-order valence-corrected chi connectivity index (χ3v) is 2.96. The molecule has 0 aliphatic carbocycles. The summed E-state index contributed by atoms with van der Waals surface area (Å²) in [7, 11) is 0. The van der Waals surface area contributed by atoms with Crippen LogP contribution in [0.4, 0.5) is 5.69 Å². The lowest BCUT2D eigenvalue weighted by atomic mass is 10.2. The molecule has 7 nitrogen and oxygen atoms in total.